The molecule has 2 unspecified atom stereocenters. The summed E-state index contributed by atoms with van der Waals surface area (Å²) in [6, 6.07) is 0. The molecule has 2 nitrogen and oxygen atoms in total. The molecular weight excluding hydrogens is 200 g/mol. The number of ether oxygens (including phenoxy) is 1. The fourth-order valence-corrected chi connectivity index (χ4v) is 3.45. The van der Waals surface area contributed by atoms with Crippen LogP contribution in [0.25, 0.3) is 0 Å². The van der Waals surface area contributed by atoms with E-state index in [1.54, 1.807) is 0 Å². The Morgan fingerprint density at radius 1 is 1.19 bits per heavy atom. The van der Waals surface area contributed by atoms with E-state index in [2.05, 4.69) is 6.92 Å². The lowest BCUT2D eigenvalue weighted by atomic mass is 9.66. The molecule has 2 atom stereocenters. The van der Waals surface area contributed by atoms with Crippen molar-refractivity contribution in [3.8, 4) is 0 Å². The fourth-order valence-electron chi connectivity index (χ4n) is 3.45. The highest BCUT2D eigenvalue weighted by Crippen LogP contribution is 2.44. The Morgan fingerprint density at radius 3 is 2.25 bits per heavy atom. The SMILES string of the molecule is CC1CC2CCCC(C1)C2OC(=O)C(C)C. The quantitative estimate of drug-likeness (QED) is 0.672. The van der Waals surface area contributed by atoms with Crippen LogP contribution in [0, 0.1) is 23.7 Å². The van der Waals surface area contributed by atoms with Crippen molar-refractivity contribution in [1.29, 1.82) is 0 Å². The first-order valence-electron chi connectivity index (χ1n) is 6.78. The van der Waals surface area contributed by atoms with Crippen molar-refractivity contribution in [2.45, 2.75) is 59.0 Å². The first-order valence-corrected chi connectivity index (χ1v) is 6.78. The van der Waals surface area contributed by atoms with Crippen molar-refractivity contribution in [1.82, 2.24) is 0 Å². The molecule has 2 heteroatoms. The van der Waals surface area contributed by atoms with Gasteiger partial charge in [0.1, 0.15) is 6.10 Å². The zero-order valence-corrected chi connectivity index (χ0v) is 10.7. The Bertz CT molecular complexity index is 245. The second kappa shape index (κ2) is 4.77. The zero-order chi connectivity index (χ0) is 11.7. The van der Waals surface area contributed by atoms with Gasteiger partial charge in [-0.2, -0.15) is 0 Å². The molecule has 0 aromatic rings. The minimum absolute atomic E-state index is 0.00328. The van der Waals surface area contributed by atoms with Crippen molar-refractivity contribution < 1.29 is 9.53 Å². The molecule has 0 aliphatic heterocycles. The molecule has 2 aliphatic carbocycles. The summed E-state index contributed by atoms with van der Waals surface area (Å²) in [7, 11) is 0. The van der Waals surface area contributed by atoms with Gasteiger partial charge in [-0.3, -0.25) is 4.79 Å². The summed E-state index contributed by atoms with van der Waals surface area (Å²) in [6.45, 7) is 6.18. The molecule has 2 rings (SSSR count). The van der Waals surface area contributed by atoms with Crippen LogP contribution in [0.4, 0.5) is 0 Å². The molecule has 0 aromatic carbocycles. The molecule has 0 heterocycles. The maximum absolute atomic E-state index is 11.7. The smallest absolute Gasteiger partial charge is 0.308 e. The summed E-state index contributed by atoms with van der Waals surface area (Å²) in [6.07, 6.45) is 6.60. The van der Waals surface area contributed by atoms with E-state index in [9.17, 15) is 4.79 Å². The van der Waals surface area contributed by atoms with Gasteiger partial charge in [0.05, 0.1) is 5.92 Å². The van der Waals surface area contributed by atoms with E-state index < -0.39 is 0 Å². The average molecular weight is 224 g/mol. The molecule has 0 N–H and O–H groups in total. The molecule has 2 saturated carbocycles. The maximum Gasteiger partial charge on any atom is 0.308 e. The van der Waals surface area contributed by atoms with E-state index in [0.29, 0.717) is 11.8 Å². The van der Waals surface area contributed by atoms with Crippen LogP contribution in [0.15, 0.2) is 0 Å². The Morgan fingerprint density at radius 2 is 1.75 bits per heavy atom. The Balaban J connectivity index is 2.00. The topological polar surface area (TPSA) is 26.3 Å². The summed E-state index contributed by atoms with van der Waals surface area (Å²) in [5, 5.41) is 0. The van der Waals surface area contributed by atoms with Crippen LogP contribution in [0.2, 0.25) is 0 Å². The summed E-state index contributed by atoms with van der Waals surface area (Å²) in [5.41, 5.74) is 0. The average Bonchev–Trinajstić information content (AvgIpc) is 2.19. The number of hydrogen-bond donors (Lipinski definition) is 0. The van der Waals surface area contributed by atoms with Gasteiger partial charge in [0, 0.05) is 0 Å². The summed E-state index contributed by atoms with van der Waals surface area (Å²) in [4.78, 5) is 11.7. The highest BCUT2D eigenvalue weighted by molar-refractivity contribution is 5.71. The number of carbonyl (C=O) groups excluding carboxylic acids is 1. The third kappa shape index (κ3) is 2.41. The van der Waals surface area contributed by atoms with Crippen LogP contribution in [0.3, 0.4) is 0 Å². The molecular formula is C14H24O2. The molecule has 2 fully saturated rings. The molecule has 2 aliphatic rings. The van der Waals surface area contributed by atoms with E-state index in [4.69, 9.17) is 4.74 Å². The predicted octanol–water partition coefficient (Wildman–Crippen LogP) is 3.40. The van der Waals surface area contributed by atoms with E-state index in [1.807, 2.05) is 13.8 Å². The van der Waals surface area contributed by atoms with Crippen molar-refractivity contribution in [3.63, 3.8) is 0 Å². The van der Waals surface area contributed by atoms with E-state index in [1.165, 1.54) is 32.1 Å². The number of rotatable bonds is 2. The molecule has 0 spiro atoms. The van der Waals surface area contributed by atoms with Crippen LogP contribution in [0.5, 0.6) is 0 Å². The Hall–Kier alpha value is -0.530. The predicted molar refractivity (Wildman–Crippen MR) is 63.9 cm³/mol. The number of fused-ring (bicyclic) bond motifs is 2. The molecule has 0 saturated heterocycles. The van der Waals surface area contributed by atoms with Gasteiger partial charge in [0.15, 0.2) is 0 Å². The van der Waals surface area contributed by atoms with Gasteiger partial charge in [-0.15, -0.1) is 0 Å². The van der Waals surface area contributed by atoms with Crippen LogP contribution >= 0.6 is 0 Å². The highest BCUT2D eigenvalue weighted by Gasteiger charge is 2.41. The lowest BCUT2D eigenvalue weighted by Gasteiger charge is -2.44. The number of hydrogen-bond acceptors (Lipinski definition) is 2. The Kier molecular flexibility index (Phi) is 3.56. The molecule has 92 valence electrons. The minimum atomic E-state index is -0.00328. The van der Waals surface area contributed by atoms with Crippen molar-refractivity contribution >= 4 is 5.97 Å². The second-order valence-corrected chi connectivity index (χ2v) is 6.08. The van der Waals surface area contributed by atoms with Crippen LogP contribution < -0.4 is 0 Å². The van der Waals surface area contributed by atoms with Crippen molar-refractivity contribution in [3.05, 3.63) is 0 Å². The van der Waals surface area contributed by atoms with Gasteiger partial charge in [-0.05, 0) is 43.4 Å². The van der Waals surface area contributed by atoms with Gasteiger partial charge >= 0.3 is 5.97 Å². The number of esters is 1. The van der Waals surface area contributed by atoms with Gasteiger partial charge in [0.25, 0.3) is 0 Å². The third-order valence-corrected chi connectivity index (χ3v) is 4.21. The fraction of sp³-hybridized carbons (Fsp3) is 0.929. The van der Waals surface area contributed by atoms with Crippen molar-refractivity contribution in [2.75, 3.05) is 0 Å². The lowest BCUT2D eigenvalue weighted by molar-refractivity contribution is -0.165. The Labute approximate surface area is 98.7 Å². The lowest BCUT2D eigenvalue weighted by Crippen LogP contribution is -2.43. The molecule has 16 heavy (non-hydrogen) atoms. The first kappa shape index (κ1) is 11.9. The van der Waals surface area contributed by atoms with Crippen LogP contribution in [-0.2, 0) is 9.53 Å². The molecule has 0 aromatic heterocycles. The maximum atomic E-state index is 11.7. The zero-order valence-electron chi connectivity index (χ0n) is 10.7. The third-order valence-electron chi connectivity index (χ3n) is 4.21. The van der Waals surface area contributed by atoms with Gasteiger partial charge < -0.3 is 4.74 Å². The molecule has 0 radical (unpaired) electrons. The van der Waals surface area contributed by atoms with Gasteiger partial charge in [-0.25, -0.2) is 0 Å². The summed E-state index contributed by atoms with van der Waals surface area (Å²) >= 11 is 0. The van der Waals surface area contributed by atoms with Gasteiger partial charge in [0.2, 0.25) is 0 Å². The monoisotopic (exact) mass is 224 g/mol. The van der Waals surface area contributed by atoms with Crippen LogP contribution in [0.1, 0.15) is 52.9 Å². The number of carbonyl (C=O) groups is 1. The second-order valence-electron chi connectivity index (χ2n) is 6.08. The van der Waals surface area contributed by atoms with E-state index in [-0.39, 0.29) is 18.0 Å². The highest BCUT2D eigenvalue weighted by atomic mass is 16.5. The van der Waals surface area contributed by atoms with Gasteiger partial charge in [-0.1, -0.05) is 27.2 Å². The largest absolute Gasteiger partial charge is 0.462 e. The first-order chi connectivity index (χ1) is 7.58. The van der Waals surface area contributed by atoms with Crippen molar-refractivity contribution in [2.24, 2.45) is 23.7 Å². The minimum Gasteiger partial charge on any atom is -0.462 e. The van der Waals surface area contributed by atoms with E-state index in [0.717, 1.165) is 5.92 Å². The van der Waals surface area contributed by atoms with E-state index >= 15 is 0 Å². The summed E-state index contributed by atoms with van der Waals surface area (Å²) < 4.78 is 5.73. The normalized spacial score (nSPS) is 38.5. The summed E-state index contributed by atoms with van der Waals surface area (Å²) in [5.74, 6) is 2.12. The standard InChI is InChI=1S/C14H24O2/c1-9(2)14(15)16-13-11-5-4-6-12(13)8-10(3)7-11/h9-13H,4-8H2,1-3H3. The molecule has 0 amide bonds. The molecule has 2 bridgehead atoms. The van der Waals surface area contributed by atoms with Crippen LogP contribution in [-0.4, -0.2) is 12.1 Å².